The largest absolute Gasteiger partial charge is 0.459 e. The molecule has 0 amide bonds. The van der Waals surface area contributed by atoms with E-state index in [1.54, 1.807) is 21.0 Å². The predicted molar refractivity (Wildman–Crippen MR) is 198 cm³/mol. The molecule has 18 atom stereocenters. The highest BCUT2D eigenvalue weighted by atomic mass is 16.7. The van der Waals surface area contributed by atoms with Crippen LogP contribution < -0.4 is 0 Å². The number of carbonyl (C=O) groups excluding carboxylic acids is 1. The molecule has 3 saturated heterocycles. The quantitative estimate of drug-likeness (QED) is 0.256. The lowest BCUT2D eigenvalue weighted by molar-refractivity contribution is -0.314. The Morgan fingerprint density at radius 2 is 1.56 bits per heavy atom. The molecule has 3 fully saturated rings. The summed E-state index contributed by atoms with van der Waals surface area (Å²) >= 11 is 0. The Bertz CT molecular complexity index is 1140. The van der Waals surface area contributed by atoms with E-state index in [2.05, 4.69) is 25.7 Å². The molecule has 0 saturated carbocycles. The van der Waals surface area contributed by atoms with Gasteiger partial charge in [-0.25, -0.2) is 0 Å². The van der Waals surface area contributed by atoms with Gasteiger partial charge in [0.05, 0.1) is 47.6 Å². The van der Waals surface area contributed by atoms with Crippen LogP contribution in [-0.2, 0) is 33.2 Å². The number of ether oxygens (including phenoxy) is 6. The first-order valence-corrected chi connectivity index (χ1v) is 19.8. The first-order valence-electron chi connectivity index (χ1n) is 19.8. The van der Waals surface area contributed by atoms with Gasteiger partial charge >= 0.3 is 5.97 Å². The number of hydrogen-bond donors (Lipinski definition) is 4. The third kappa shape index (κ3) is 10.1. The van der Waals surface area contributed by atoms with Crippen molar-refractivity contribution in [3.8, 4) is 0 Å². The fourth-order valence-electron chi connectivity index (χ4n) is 9.16. The molecule has 3 rings (SSSR count). The minimum atomic E-state index is -1.73. The summed E-state index contributed by atoms with van der Waals surface area (Å²) in [5.74, 6) is -2.68. The first kappa shape index (κ1) is 45.5. The summed E-state index contributed by atoms with van der Waals surface area (Å²) in [6.07, 6.45) is -5.43. The number of hydrogen-bond acceptors (Lipinski definition) is 12. The number of aliphatic hydroxyl groups excluding tert-OH is 2. The molecule has 12 heteroatoms. The Morgan fingerprint density at radius 3 is 2.12 bits per heavy atom. The van der Waals surface area contributed by atoms with Gasteiger partial charge in [0.1, 0.15) is 17.8 Å². The zero-order valence-electron chi connectivity index (χ0n) is 34.9. The van der Waals surface area contributed by atoms with Crippen molar-refractivity contribution in [3.05, 3.63) is 0 Å². The van der Waals surface area contributed by atoms with Gasteiger partial charge in [0.15, 0.2) is 12.6 Å². The SMILES string of the molecule is CC[C@H]1OC(=O)[C@H](C)[C@@H](O[C@H]2C[C@@](C)(OC)[C@@H](C)[C@H](C)O2)[C@H](C)[C@@H](O[C@@H]2O[C@H](C)C[C@H](N(C)C(C)C)[C@H]2O)[C@@](C)(O)C[C@@H](C)C[C@H](C)[C@@H](O)[C@]1(C)O. The second-order valence-electron chi connectivity index (χ2n) is 17.8. The van der Waals surface area contributed by atoms with E-state index in [0.29, 0.717) is 19.3 Å². The van der Waals surface area contributed by atoms with Gasteiger partial charge in [-0.3, -0.25) is 9.69 Å². The van der Waals surface area contributed by atoms with Crippen molar-refractivity contribution in [1.29, 1.82) is 0 Å². The van der Waals surface area contributed by atoms with E-state index >= 15 is 0 Å². The van der Waals surface area contributed by atoms with Crippen molar-refractivity contribution < 1.29 is 53.6 Å². The molecule has 3 aliphatic heterocycles. The van der Waals surface area contributed by atoms with Crippen LogP contribution in [0.4, 0.5) is 0 Å². The maximum Gasteiger partial charge on any atom is 0.311 e. The molecular weight excluding hydrogens is 670 g/mol. The van der Waals surface area contributed by atoms with Crippen LogP contribution in [0.15, 0.2) is 0 Å². The zero-order chi connectivity index (χ0) is 39.7. The van der Waals surface area contributed by atoms with Gasteiger partial charge in [-0.05, 0) is 100.0 Å². The van der Waals surface area contributed by atoms with Gasteiger partial charge in [-0.2, -0.15) is 0 Å². The average molecular weight is 746 g/mol. The third-order valence-electron chi connectivity index (χ3n) is 13.0. The van der Waals surface area contributed by atoms with E-state index in [1.807, 2.05) is 55.5 Å². The Kier molecular flexibility index (Phi) is 15.6. The zero-order valence-corrected chi connectivity index (χ0v) is 34.9. The minimum Gasteiger partial charge on any atom is -0.459 e. The summed E-state index contributed by atoms with van der Waals surface area (Å²) < 4.78 is 38.3. The monoisotopic (exact) mass is 746 g/mol. The molecule has 306 valence electrons. The number of nitrogens with zero attached hydrogens (tertiary/aromatic N) is 1. The molecule has 52 heavy (non-hydrogen) atoms. The summed E-state index contributed by atoms with van der Waals surface area (Å²) in [5.41, 5.74) is -3.82. The van der Waals surface area contributed by atoms with E-state index < -0.39 is 77.7 Å². The lowest BCUT2D eigenvalue weighted by atomic mass is 9.74. The smallest absolute Gasteiger partial charge is 0.311 e. The van der Waals surface area contributed by atoms with Gasteiger partial charge in [0.25, 0.3) is 0 Å². The van der Waals surface area contributed by atoms with Gasteiger partial charge in [-0.15, -0.1) is 0 Å². The molecule has 0 unspecified atom stereocenters. The summed E-state index contributed by atoms with van der Waals surface area (Å²) in [4.78, 5) is 16.3. The van der Waals surface area contributed by atoms with Crippen LogP contribution in [0.3, 0.4) is 0 Å². The molecule has 0 aromatic heterocycles. The van der Waals surface area contributed by atoms with E-state index in [-0.39, 0.29) is 54.9 Å². The average Bonchev–Trinajstić information content (AvgIpc) is 3.05. The molecule has 0 radical (unpaired) electrons. The van der Waals surface area contributed by atoms with Gasteiger partial charge in [0, 0.05) is 37.5 Å². The molecule has 3 heterocycles. The van der Waals surface area contributed by atoms with Crippen LogP contribution in [0.2, 0.25) is 0 Å². The van der Waals surface area contributed by atoms with E-state index in [9.17, 15) is 25.2 Å². The summed E-state index contributed by atoms with van der Waals surface area (Å²) in [6, 6.07) is -0.0877. The molecule has 12 nitrogen and oxygen atoms in total. The number of carbonyl (C=O) groups is 1. The van der Waals surface area contributed by atoms with Crippen molar-refractivity contribution in [1.82, 2.24) is 4.90 Å². The first-order chi connectivity index (χ1) is 23.9. The number of rotatable bonds is 8. The van der Waals surface area contributed by atoms with Crippen LogP contribution in [0.5, 0.6) is 0 Å². The number of likely N-dealkylation sites (N-methyl/N-ethyl adjacent to an activating group) is 1. The Hall–Kier alpha value is -0.930. The fraction of sp³-hybridized carbons (Fsp3) is 0.975. The van der Waals surface area contributed by atoms with Crippen molar-refractivity contribution in [3.63, 3.8) is 0 Å². The maximum atomic E-state index is 14.2. The molecular formula is C40H75NO11. The highest BCUT2D eigenvalue weighted by Crippen LogP contribution is 2.42. The van der Waals surface area contributed by atoms with Crippen LogP contribution in [0, 0.1) is 29.6 Å². The van der Waals surface area contributed by atoms with E-state index in [1.165, 1.54) is 6.92 Å². The molecule has 0 aliphatic carbocycles. The molecule has 4 N–H and O–H groups in total. The van der Waals surface area contributed by atoms with Crippen molar-refractivity contribution in [2.24, 2.45) is 29.6 Å². The van der Waals surface area contributed by atoms with Crippen LogP contribution >= 0.6 is 0 Å². The summed E-state index contributed by atoms with van der Waals surface area (Å²) in [6.45, 7) is 24.6. The normalized spacial score (nSPS) is 49.1. The molecule has 0 spiro atoms. The molecule has 0 aromatic rings. The summed E-state index contributed by atoms with van der Waals surface area (Å²) in [7, 11) is 3.65. The highest BCUT2D eigenvalue weighted by molar-refractivity contribution is 5.73. The standard InChI is InChI=1S/C40H75NO11/c1-16-30-40(13,46)34(43)23(5)17-22(4)19-38(11,45)35(52-37-32(42)29(18-24(6)48-37)41(14)21(2)3)25(7)33(26(8)36(44)50-30)51-31-20-39(12,47-15)27(9)28(10)49-31/h21-35,37,42-43,45-46H,16-20H2,1-15H3/t22-,23-,24+,25-,26+,27-,28-,29-,30+,31-,32+,33-,34+,35+,37-,38-,39+,40+/m0/s1. The number of esters is 1. The molecule has 0 bridgehead atoms. The van der Waals surface area contributed by atoms with E-state index in [4.69, 9.17) is 28.4 Å². The van der Waals surface area contributed by atoms with E-state index in [0.717, 1.165) is 0 Å². The van der Waals surface area contributed by atoms with Crippen molar-refractivity contribution >= 4 is 5.97 Å². The van der Waals surface area contributed by atoms with Crippen LogP contribution in [0.25, 0.3) is 0 Å². The van der Waals surface area contributed by atoms with Crippen molar-refractivity contribution in [2.45, 2.75) is 206 Å². The fourth-order valence-corrected chi connectivity index (χ4v) is 9.16. The number of methoxy groups -OCH3 is 1. The maximum absolute atomic E-state index is 14.2. The van der Waals surface area contributed by atoms with Crippen molar-refractivity contribution in [2.75, 3.05) is 14.2 Å². The second kappa shape index (κ2) is 17.9. The highest BCUT2D eigenvalue weighted by Gasteiger charge is 2.52. The van der Waals surface area contributed by atoms with Crippen LogP contribution in [0.1, 0.15) is 122 Å². The second-order valence-corrected chi connectivity index (χ2v) is 17.8. The lowest BCUT2D eigenvalue weighted by Crippen LogP contribution is -2.61. The number of cyclic esters (lactones) is 1. The summed E-state index contributed by atoms with van der Waals surface area (Å²) in [5, 5.41) is 47.4. The topological polar surface area (TPSA) is 157 Å². The Morgan fingerprint density at radius 1 is 0.942 bits per heavy atom. The molecule has 3 aliphatic rings. The Balaban J connectivity index is 2.15. The molecule has 0 aromatic carbocycles. The minimum absolute atomic E-state index is 0.0599. The van der Waals surface area contributed by atoms with Gasteiger partial charge < -0.3 is 48.8 Å². The van der Waals surface area contributed by atoms with Gasteiger partial charge in [0.2, 0.25) is 0 Å². The predicted octanol–water partition coefficient (Wildman–Crippen LogP) is 4.66. The third-order valence-corrected chi connectivity index (χ3v) is 13.0. The Labute approximate surface area is 314 Å². The van der Waals surface area contributed by atoms with Crippen LogP contribution in [-0.4, -0.2) is 130 Å². The number of aliphatic hydroxyl groups is 4. The lowest BCUT2D eigenvalue weighted by Gasteiger charge is -2.50. The van der Waals surface area contributed by atoms with Gasteiger partial charge in [-0.1, -0.05) is 34.6 Å².